The van der Waals surface area contributed by atoms with Crippen LogP contribution in [0.3, 0.4) is 0 Å². The van der Waals surface area contributed by atoms with Gasteiger partial charge in [0.1, 0.15) is 12.4 Å². The number of halogens is 1. The van der Waals surface area contributed by atoms with Gasteiger partial charge in [-0.1, -0.05) is 18.2 Å². The highest BCUT2D eigenvalue weighted by Crippen LogP contribution is 2.31. The zero-order valence-corrected chi connectivity index (χ0v) is 21.4. The number of H-pyrrole nitrogens is 1. The first-order chi connectivity index (χ1) is 19.0. The third kappa shape index (κ3) is 5.53. The second kappa shape index (κ2) is 11.2. The van der Waals surface area contributed by atoms with Gasteiger partial charge in [-0.3, -0.25) is 4.98 Å². The lowest BCUT2D eigenvalue weighted by Gasteiger charge is -2.08. The van der Waals surface area contributed by atoms with Crippen molar-refractivity contribution >= 4 is 22.7 Å². The number of fused-ring (bicyclic) bond motifs is 1. The number of esters is 1. The molecule has 198 valence electrons. The number of rotatable bonds is 9. The highest BCUT2D eigenvalue weighted by Gasteiger charge is 2.18. The van der Waals surface area contributed by atoms with Crippen molar-refractivity contribution in [3.05, 3.63) is 83.7 Å². The van der Waals surface area contributed by atoms with Crippen LogP contribution in [0.1, 0.15) is 21.9 Å². The minimum absolute atomic E-state index is 0.150. The Kier molecular flexibility index (Phi) is 7.41. The summed E-state index contributed by atoms with van der Waals surface area (Å²) >= 11 is 0. The molecule has 0 fully saturated rings. The van der Waals surface area contributed by atoms with Crippen LogP contribution in [0.15, 0.2) is 60.8 Å². The topological polar surface area (TPSA) is 141 Å². The summed E-state index contributed by atoms with van der Waals surface area (Å²) in [5.41, 5.74) is 10.5. The predicted molar refractivity (Wildman–Crippen MR) is 145 cm³/mol. The molecule has 39 heavy (non-hydrogen) atoms. The fourth-order valence-electron chi connectivity index (χ4n) is 4.07. The number of methoxy groups -OCH3 is 1. The minimum atomic E-state index is -0.750. The van der Waals surface area contributed by atoms with Crippen LogP contribution in [-0.4, -0.2) is 51.2 Å². The molecule has 11 heteroatoms. The van der Waals surface area contributed by atoms with Gasteiger partial charge >= 0.3 is 5.97 Å². The van der Waals surface area contributed by atoms with Gasteiger partial charge < -0.3 is 25.5 Å². The van der Waals surface area contributed by atoms with Crippen molar-refractivity contribution in [2.24, 2.45) is 5.73 Å². The van der Waals surface area contributed by atoms with Crippen molar-refractivity contribution in [3.8, 4) is 28.5 Å². The average Bonchev–Trinajstić information content (AvgIpc) is 3.39. The van der Waals surface area contributed by atoms with Gasteiger partial charge in [-0.2, -0.15) is 0 Å². The van der Waals surface area contributed by atoms with Crippen molar-refractivity contribution in [3.63, 3.8) is 0 Å². The third-order valence-corrected chi connectivity index (χ3v) is 5.91. The Morgan fingerprint density at radius 2 is 1.92 bits per heavy atom. The molecule has 4 N–H and O–H groups in total. The van der Waals surface area contributed by atoms with Gasteiger partial charge in [0.25, 0.3) is 0 Å². The van der Waals surface area contributed by atoms with Gasteiger partial charge in [-0.15, -0.1) is 0 Å². The van der Waals surface area contributed by atoms with Crippen LogP contribution in [0.25, 0.3) is 33.7 Å². The van der Waals surface area contributed by atoms with E-state index in [0.29, 0.717) is 53.0 Å². The number of ether oxygens (including phenoxy) is 2. The molecule has 0 saturated heterocycles. The molecule has 5 rings (SSSR count). The first-order valence-electron chi connectivity index (χ1n) is 12.2. The lowest BCUT2D eigenvalue weighted by atomic mass is 10.1. The quantitative estimate of drug-likeness (QED) is 0.240. The normalized spacial score (nSPS) is 11.0. The Hall–Kier alpha value is -4.90. The van der Waals surface area contributed by atoms with E-state index in [0.717, 1.165) is 11.3 Å². The van der Waals surface area contributed by atoms with E-state index in [1.807, 2.05) is 43.3 Å². The van der Waals surface area contributed by atoms with E-state index in [9.17, 15) is 9.18 Å². The maximum absolute atomic E-state index is 14.9. The summed E-state index contributed by atoms with van der Waals surface area (Å²) in [4.78, 5) is 33.6. The number of anilines is 1. The number of nitrogens with two attached hydrogens (primary N) is 1. The van der Waals surface area contributed by atoms with Crippen molar-refractivity contribution in [1.82, 2.24) is 24.9 Å². The maximum Gasteiger partial charge on any atom is 0.340 e. The molecule has 0 unspecified atom stereocenters. The Morgan fingerprint density at radius 1 is 1.08 bits per heavy atom. The largest absolute Gasteiger partial charge is 0.475 e. The van der Waals surface area contributed by atoms with Gasteiger partial charge in [-0.25, -0.2) is 24.1 Å². The highest BCUT2D eigenvalue weighted by molar-refractivity contribution is 5.91. The monoisotopic (exact) mass is 527 g/mol. The number of nitrogens with one attached hydrogen (secondary N) is 2. The molecular weight excluding hydrogens is 501 g/mol. The number of pyridine rings is 1. The summed E-state index contributed by atoms with van der Waals surface area (Å²) in [6.07, 6.45) is 1.56. The number of aryl methyl sites for hydroxylation is 1. The predicted octanol–water partition coefficient (Wildman–Crippen LogP) is 4.27. The van der Waals surface area contributed by atoms with Crippen LogP contribution in [0.2, 0.25) is 0 Å². The molecule has 0 bridgehead atoms. The van der Waals surface area contributed by atoms with E-state index in [2.05, 4.69) is 30.0 Å². The molecule has 5 aromatic rings. The first kappa shape index (κ1) is 25.7. The molecule has 0 atom stereocenters. The highest BCUT2D eigenvalue weighted by atomic mass is 19.1. The van der Waals surface area contributed by atoms with Gasteiger partial charge in [0.05, 0.1) is 59.2 Å². The molecular formula is C28H26FN7O3. The fraction of sp³-hybridized carbons (Fsp3) is 0.179. The summed E-state index contributed by atoms with van der Waals surface area (Å²) in [5, 5.41) is 3.01. The van der Waals surface area contributed by atoms with Crippen molar-refractivity contribution in [2.45, 2.75) is 13.5 Å². The van der Waals surface area contributed by atoms with E-state index in [1.165, 1.54) is 13.2 Å². The zero-order chi connectivity index (χ0) is 27.4. The lowest BCUT2D eigenvalue weighted by molar-refractivity contribution is 0.0595. The molecule has 3 aromatic heterocycles. The van der Waals surface area contributed by atoms with E-state index >= 15 is 0 Å². The number of carbonyl (C=O) groups is 1. The Bertz CT molecular complexity index is 1650. The summed E-state index contributed by atoms with van der Waals surface area (Å²) in [7, 11) is 1.21. The van der Waals surface area contributed by atoms with Crippen LogP contribution in [-0.2, 0) is 11.3 Å². The minimum Gasteiger partial charge on any atom is -0.475 e. The molecule has 0 spiro atoms. The number of benzene rings is 2. The van der Waals surface area contributed by atoms with Gasteiger partial charge in [-0.05, 0) is 43.3 Å². The second-order valence-electron chi connectivity index (χ2n) is 8.63. The van der Waals surface area contributed by atoms with E-state index in [4.69, 9.17) is 15.5 Å². The molecule has 3 heterocycles. The summed E-state index contributed by atoms with van der Waals surface area (Å²) < 4.78 is 25.1. The number of imidazole rings is 1. The summed E-state index contributed by atoms with van der Waals surface area (Å²) in [6, 6.07) is 15.9. The Morgan fingerprint density at radius 3 is 2.72 bits per heavy atom. The van der Waals surface area contributed by atoms with E-state index in [1.54, 1.807) is 18.3 Å². The second-order valence-corrected chi connectivity index (χ2v) is 8.63. The molecule has 0 aliphatic heterocycles. The SMILES string of the molecule is COC(=O)c1cccc(NCc2nc(-c3ccc4ncc(OCCN)nc4c3)c(-c3cccc(C)n3)[nH]2)c1F. The van der Waals surface area contributed by atoms with Crippen molar-refractivity contribution in [1.29, 1.82) is 0 Å². The maximum atomic E-state index is 14.9. The lowest BCUT2D eigenvalue weighted by Crippen LogP contribution is -2.11. The third-order valence-electron chi connectivity index (χ3n) is 5.91. The van der Waals surface area contributed by atoms with E-state index in [-0.39, 0.29) is 17.8 Å². The zero-order valence-electron chi connectivity index (χ0n) is 21.4. The van der Waals surface area contributed by atoms with Gasteiger partial charge in [0.15, 0.2) is 5.82 Å². The van der Waals surface area contributed by atoms with Gasteiger partial charge in [0.2, 0.25) is 5.88 Å². The number of aromatic amines is 1. The van der Waals surface area contributed by atoms with Crippen molar-refractivity contribution in [2.75, 3.05) is 25.6 Å². The van der Waals surface area contributed by atoms with Crippen LogP contribution in [0.5, 0.6) is 5.88 Å². The standard InChI is InChI=1S/C28H26FN7O3/c1-16-5-3-8-21(33-16)27-26(17-9-10-19-22(13-17)34-24(15-32-19)39-12-11-30)35-23(36-27)14-31-20-7-4-6-18(25(20)29)28(37)38-2/h3-10,13,15,31H,11-12,14,30H2,1-2H3,(H,35,36). The number of hydrogen-bond donors (Lipinski definition) is 3. The van der Waals surface area contributed by atoms with Crippen LogP contribution >= 0.6 is 0 Å². The average molecular weight is 528 g/mol. The van der Waals surface area contributed by atoms with Crippen LogP contribution in [0.4, 0.5) is 10.1 Å². The molecule has 2 aromatic carbocycles. The number of hydrogen-bond acceptors (Lipinski definition) is 9. The number of aromatic nitrogens is 5. The molecule has 0 radical (unpaired) electrons. The van der Waals surface area contributed by atoms with E-state index < -0.39 is 11.8 Å². The molecule has 0 saturated carbocycles. The van der Waals surface area contributed by atoms with Crippen molar-refractivity contribution < 1.29 is 18.7 Å². The summed E-state index contributed by atoms with van der Waals surface area (Å²) in [6.45, 7) is 2.77. The molecule has 0 aliphatic rings. The molecule has 0 amide bonds. The molecule has 0 aliphatic carbocycles. The van der Waals surface area contributed by atoms with Crippen LogP contribution in [0, 0.1) is 12.7 Å². The smallest absolute Gasteiger partial charge is 0.340 e. The summed E-state index contributed by atoms with van der Waals surface area (Å²) in [5.74, 6) is -0.524. The number of nitrogens with zero attached hydrogens (tertiary/aromatic N) is 4. The Balaban J connectivity index is 1.52. The number of carbonyl (C=O) groups excluding carboxylic acids is 1. The fourth-order valence-corrected chi connectivity index (χ4v) is 4.07. The van der Waals surface area contributed by atoms with Gasteiger partial charge in [0, 0.05) is 17.8 Å². The first-order valence-corrected chi connectivity index (χ1v) is 12.2. The van der Waals surface area contributed by atoms with Crippen LogP contribution < -0.4 is 15.8 Å². The molecule has 10 nitrogen and oxygen atoms in total. The Labute approximate surface area is 223 Å².